The molecular formula is C25H40N4O4. The van der Waals surface area contributed by atoms with Crippen molar-refractivity contribution in [1.82, 2.24) is 10.6 Å². The van der Waals surface area contributed by atoms with E-state index >= 15 is 0 Å². The second-order valence-electron chi connectivity index (χ2n) is 8.59. The Morgan fingerprint density at radius 1 is 0.727 bits per heavy atom. The molecule has 0 amide bonds. The number of ether oxygens (including phenoxy) is 2. The molecule has 2 aromatic rings. The Hall–Kier alpha value is -2.20. The van der Waals surface area contributed by atoms with Crippen LogP contribution >= 0.6 is 0 Å². The van der Waals surface area contributed by atoms with Crippen LogP contribution < -0.4 is 31.6 Å². The third-order valence-electron chi connectivity index (χ3n) is 5.44. The molecule has 8 N–H and O–H groups in total. The smallest absolute Gasteiger partial charge is 0.119 e. The summed E-state index contributed by atoms with van der Waals surface area (Å²) in [5, 5.41) is 26.0. The highest BCUT2D eigenvalue weighted by molar-refractivity contribution is 5.41. The molecule has 0 saturated carbocycles. The van der Waals surface area contributed by atoms with Crippen LogP contribution in [0.2, 0.25) is 0 Å². The summed E-state index contributed by atoms with van der Waals surface area (Å²) in [5.74, 6) is 1.44. The van der Waals surface area contributed by atoms with Crippen molar-refractivity contribution in [2.75, 3.05) is 52.5 Å². The third-order valence-corrected chi connectivity index (χ3v) is 5.44. The summed E-state index contributed by atoms with van der Waals surface area (Å²) in [6.45, 7) is 8.09. The van der Waals surface area contributed by atoms with Gasteiger partial charge in [-0.05, 0) is 35.4 Å². The average Bonchev–Trinajstić information content (AvgIpc) is 2.82. The van der Waals surface area contributed by atoms with Gasteiger partial charge in [-0.2, -0.15) is 0 Å². The molecule has 2 rings (SSSR count). The maximum atomic E-state index is 9.95. The summed E-state index contributed by atoms with van der Waals surface area (Å²) in [6.07, 6.45) is -1.17. The molecule has 2 unspecified atom stereocenters. The second kappa shape index (κ2) is 14.1. The van der Waals surface area contributed by atoms with Gasteiger partial charge in [-0.3, -0.25) is 0 Å². The number of hydrogen-bond donors (Lipinski definition) is 6. The van der Waals surface area contributed by atoms with Gasteiger partial charge in [-0.15, -0.1) is 0 Å². The van der Waals surface area contributed by atoms with Gasteiger partial charge in [0.2, 0.25) is 0 Å². The molecule has 184 valence electrons. The average molecular weight is 461 g/mol. The van der Waals surface area contributed by atoms with Crippen molar-refractivity contribution in [3.05, 3.63) is 59.7 Å². The summed E-state index contributed by atoms with van der Waals surface area (Å²) in [6, 6.07) is 15.9. The van der Waals surface area contributed by atoms with Crippen LogP contribution in [0.15, 0.2) is 48.5 Å². The summed E-state index contributed by atoms with van der Waals surface area (Å²) in [5.41, 5.74) is 12.9. The zero-order valence-electron chi connectivity index (χ0n) is 19.8. The molecular weight excluding hydrogens is 420 g/mol. The number of aliphatic hydroxyl groups is 2. The molecule has 2 aromatic carbocycles. The Labute approximate surface area is 197 Å². The predicted octanol–water partition coefficient (Wildman–Crippen LogP) is 0.589. The van der Waals surface area contributed by atoms with Crippen molar-refractivity contribution >= 4 is 0 Å². The minimum absolute atomic E-state index is 0.214. The van der Waals surface area contributed by atoms with E-state index in [0.717, 1.165) is 22.6 Å². The van der Waals surface area contributed by atoms with E-state index in [-0.39, 0.29) is 18.6 Å². The maximum Gasteiger partial charge on any atom is 0.119 e. The van der Waals surface area contributed by atoms with E-state index in [1.54, 1.807) is 0 Å². The molecule has 0 aliphatic heterocycles. The Morgan fingerprint density at radius 3 is 1.42 bits per heavy atom. The van der Waals surface area contributed by atoms with Crippen LogP contribution in [0.4, 0.5) is 0 Å². The molecule has 2 atom stereocenters. The van der Waals surface area contributed by atoms with Gasteiger partial charge in [-0.25, -0.2) is 0 Å². The Kier molecular flexibility index (Phi) is 11.6. The summed E-state index contributed by atoms with van der Waals surface area (Å²) in [4.78, 5) is 0. The SMILES string of the molecule is CC(C)(c1ccc(OCC(O)CNCCN)cc1)c1ccc(OCC(O)CNCCN)cc1. The molecule has 0 aliphatic rings. The van der Waals surface area contributed by atoms with Crippen molar-refractivity contribution < 1.29 is 19.7 Å². The Bertz CT molecular complexity index is 718. The lowest BCUT2D eigenvalue weighted by Crippen LogP contribution is -2.34. The lowest BCUT2D eigenvalue weighted by molar-refractivity contribution is 0.107. The van der Waals surface area contributed by atoms with Crippen LogP contribution in [0.3, 0.4) is 0 Å². The summed E-state index contributed by atoms with van der Waals surface area (Å²) < 4.78 is 11.4. The minimum atomic E-state index is -0.586. The van der Waals surface area contributed by atoms with Crippen LogP contribution in [0.1, 0.15) is 25.0 Å². The van der Waals surface area contributed by atoms with Crippen LogP contribution in [-0.2, 0) is 5.41 Å². The van der Waals surface area contributed by atoms with Crippen molar-refractivity contribution in [2.45, 2.75) is 31.5 Å². The number of rotatable bonds is 16. The van der Waals surface area contributed by atoms with Gasteiger partial charge in [0.15, 0.2) is 0 Å². The molecule has 0 heterocycles. The lowest BCUT2D eigenvalue weighted by Gasteiger charge is -2.26. The van der Waals surface area contributed by atoms with Gasteiger partial charge in [-0.1, -0.05) is 38.1 Å². The molecule has 0 spiro atoms. The normalized spacial score (nSPS) is 13.5. The van der Waals surface area contributed by atoms with Crippen molar-refractivity contribution in [3.8, 4) is 11.5 Å². The molecule has 8 nitrogen and oxygen atoms in total. The number of aliphatic hydroxyl groups excluding tert-OH is 2. The van der Waals surface area contributed by atoms with Crippen LogP contribution in [0, 0.1) is 0 Å². The zero-order chi connectivity index (χ0) is 24.1. The minimum Gasteiger partial charge on any atom is -0.491 e. The standard InChI is InChI=1S/C25H40N4O4/c1-25(2,19-3-7-23(8-4-19)32-17-21(30)15-28-13-11-26)20-5-9-24(10-6-20)33-18-22(31)16-29-14-12-27/h3-10,21-22,28-31H,11-18,26-27H2,1-2H3. The first kappa shape index (κ1) is 27.0. The second-order valence-corrected chi connectivity index (χ2v) is 8.59. The fourth-order valence-electron chi connectivity index (χ4n) is 3.35. The molecule has 33 heavy (non-hydrogen) atoms. The van der Waals surface area contributed by atoms with E-state index in [1.165, 1.54) is 0 Å². The summed E-state index contributed by atoms with van der Waals surface area (Å²) in [7, 11) is 0. The van der Waals surface area contributed by atoms with Gasteiger partial charge in [0.25, 0.3) is 0 Å². The zero-order valence-corrected chi connectivity index (χ0v) is 19.8. The number of hydrogen-bond acceptors (Lipinski definition) is 8. The highest BCUT2D eigenvalue weighted by Gasteiger charge is 2.23. The van der Waals surface area contributed by atoms with E-state index in [1.807, 2.05) is 48.5 Å². The Balaban J connectivity index is 1.88. The van der Waals surface area contributed by atoms with Gasteiger partial charge in [0.1, 0.15) is 36.9 Å². The monoisotopic (exact) mass is 460 g/mol. The third kappa shape index (κ3) is 9.29. The van der Waals surface area contributed by atoms with Crippen LogP contribution in [0.5, 0.6) is 11.5 Å². The first-order valence-corrected chi connectivity index (χ1v) is 11.5. The quantitative estimate of drug-likeness (QED) is 0.200. The van der Waals surface area contributed by atoms with Crippen LogP contribution in [0.25, 0.3) is 0 Å². The number of nitrogens with two attached hydrogens (primary N) is 2. The maximum absolute atomic E-state index is 9.95. The molecule has 0 aliphatic carbocycles. The van der Waals surface area contributed by atoms with E-state index in [9.17, 15) is 10.2 Å². The predicted molar refractivity (Wildman–Crippen MR) is 132 cm³/mol. The highest BCUT2D eigenvalue weighted by Crippen LogP contribution is 2.33. The first-order valence-electron chi connectivity index (χ1n) is 11.5. The fraction of sp³-hybridized carbons (Fsp3) is 0.520. The van der Waals surface area contributed by atoms with Crippen LogP contribution in [-0.4, -0.2) is 74.9 Å². The van der Waals surface area contributed by atoms with Crippen molar-refractivity contribution in [2.24, 2.45) is 11.5 Å². The molecule has 0 saturated heterocycles. The van der Waals surface area contributed by atoms with E-state index in [4.69, 9.17) is 20.9 Å². The van der Waals surface area contributed by atoms with Crippen molar-refractivity contribution in [3.63, 3.8) is 0 Å². The topological polar surface area (TPSA) is 135 Å². The fourth-order valence-corrected chi connectivity index (χ4v) is 3.35. The lowest BCUT2D eigenvalue weighted by atomic mass is 9.78. The number of nitrogens with one attached hydrogen (secondary N) is 2. The molecule has 0 radical (unpaired) electrons. The molecule has 8 heteroatoms. The first-order chi connectivity index (χ1) is 15.9. The molecule has 0 aromatic heterocycles. The molecule has 0 bridgehead atoms. The van der Waals surface area contributed by atoms with Crippen molar-refractivity contribution in [1.29, 1.82) is 0 Å². The number of benzene rings is 2. The van der Waals surface area contributed by atoms with Gasteiger partial charge in [0, 0.05) is 44.7 Å². The highest BCUT2D eigenvalue weighted by atomic mass is 16.5. The summed E-state index contributed by atoms with van der Waals surface area (Å²) >= 11 is 0. The van der Waals surface area contributed by atoms with E-state index in [0.29, 0.717) is 39.3 Å². The van der Waals surface area contributed by atoms with Gasteiger partial charge < -0.3 is 41.8 Å². The largest absolute Gasteiger partial charge is 0.491 e. The Morgan fingerprint density at radius 2 is 1.09 bits per heavy atom. The van der Waals surface area contributed by atoms with E-state index in [2.05, 4.69) is 24.5 Å². The van der Waals surface area contributed by atoms with Gasteiger partial charge in [0.05, 0.1) is 0 Å². The van der Waals surface area contributed by atoms with Gasteiger partial charge >= 0.3 is 0 Å². The van der Waals surface area contributed by atoms with E-state index < -0.39 is 12.2 Å². The molecule has 0 fully saturated rings.